The summed E-state index contributed by atoms with van der Waals surface area (Å²) in [5, 5.41) is 2.91. The first-order valence-corrected chi connectivity index (χ1v) is 4.05. The van der Waals surface area contributed by atoms with E-state index in [-0.39, 0.29) is 6.04 Å². The van der Waals surface area contributed by atoms with Crippen molar-refractivity contribution in [1.29, 1.82) is 0 Å². The maximum absolute atomic E-state index is 13.0. The van der Waals surface area contributed by atoms with Gasteiger partial charge in [0.2, 0.25) is 0 Å². The smallest absolute Gasteiger partial charge is 0.149 e. The largest absolute Gasteiger partial charge is 0.377 e. The zero-order valence-electron chi connectivity index (χ0n) is 6.89. The van der Waals surface area contributed by atoms with E-state index in [0.29, 0.717) is 18.9 Å². The van der Waals surface area contributed by atoms with Gasteiger partial charge in [-0.25, -0.2) is 8.78 Å². The summed E-state index contributed by atoms with van der Waals surface area (Å²) in [6.45, 7) is 1.16. The maximum Gasteiger partial charge on any atom is 0.149 e. The lowest BCUT2D eigenvalue weighted by molar-refractivity contribution is 0.0210. The summed E-state index contributed by atoms with van der Waals surface area (Å²) >= 11 is 0. The Balaban J connectivity index is 2.10. The van der Waals surface area contributed by atoms with Crippen LogP contribution < -0.4 is 5.32 Å². The molecule has 0 amide bonds. The van der Waals surface area contributed by atoms with Crippen LogP contribution in [0.5, 0.6) is 0 Å². The quantitative estimate of drug-likeness (QED) is 0.758. The average Bonchev–Trinajstić information content (AvgIpc) is 1.99. The molecule has 1 aliphatic heterocycles. The van der Waals surface area contributed by atoms with Crippen molar-refractivity contribution in [3.05, 3.63) is 29.8 Å². The first kappa shape index (κ1) is 8.44. The third-order valence-electron chi connectivity index (χ3n) is 1.93. The lowest BCUT2D eigenvalue weighted by Crippen LogP contribution is -2.40. The molecule has 1 aromatic carbocycles. The molecule has 2 nitrogen and oxygen atoms in total. The average molecular weight is 185 g/mol. The van der Waals surface area contributed by atoms with Crippen molar-refractivity contribution in [3.63, 3.8) is 0 Å². The van der Waals surface area contributed by atoms with Crippen LogP contribution in [-0.4, -0.2) is 19.3 Å². The summed E-state index contributed by atoms with van der Waals surface area (Å²) in [6, 6.07) is 3.63. The minimum atomic E-state index is -0.563. The van der Waals surface area contributed by atoms with Gasteiger partial charge in [-0.15, -0.1) is 0 Å². The summed E-state index contributed by atoms with van der Waals surface area (Å²) < 4.78 is 30.4. The Kier molecular flexibility index (Phi) is 2.14. The molecular weight excluding hydrogens is 176 g/mol. The van der Waals surface area contributed by atoms with Crippen LogP contribution >= 0.6 is 0 Å². The molecule has 0 bridgehead atoms. The number of anilines is 1. The molecule has 70 valence electrons. The number of benzene rings is 1. The highest BCUT2D eigenvalue weighted by molar-refractivity contribution is 5.45. The van der Waals surface area contributed by atoms with Crippen LogP contribution in [0.2, 0.25) is 0 Å². The van der Waals surface area contributed by atoms with E-state index in [1.807, 2.05) is 0 Å². The van der Waals surface area contributed by atoms with E-state index in [1.54, 1.807) is 0 Å². The van der Waals surface area contributed by atoms with E-state index >= 15 is 0 Å². The Hall–Kier alpha value is -1.16. The fourth-order valence-corrected chi connectivity index (χ4v) is 1.15. The Bertz CT molecular complexity index is 312. The van der Waals surface area contributed by atoms with Gasteiger partial charge in [-0.1, -0.05) is 0 Å². The lowest BCUT2D eigenvalue weighted by Gasteiger charge is -2.27. The van der Waals surface area contributed by atoms with E-state index in [1.165, 1.54) is 12.1 Å². The SMILES string of the molecule is Fc1ccc(NC2COC2)c(F)c1. The molecule has 0 radical (unpaired) electrons. The Labute approximate surface area is 74.5 Å². The highest BCUT2D eigenvalue weighted by Crippen LogP contribution is 2.17. The molecule has 13 heavy (non-hydrogen) atoms. The Morgan fingerprint density at radius 3 is 2.62 bits per heavy atom. The number of hydrogen-bond acceptors (Lipinski definition) is 2. The molecule has 1 aliphatic rings. The molecule has 1 heterocycles. The minimum absolute atomic E-state index is 0.153. The molecule has 0 spiro atoms. The van der Waals surface area contributed by atoms with Gasteiger partial charge in [-0.05, 0) is 12.1 Å². The van der Waals surface area contributed by atoms with Gasteiger partial charge in [-0.2, -0.15) is 0 Å². The summed E-state index contributed by atoms with van der Waals surface area (Å²) in [4.78, 5) is 0. The molecule has 1 N–H and O–H groups in total. The van der Waals surface area contributed by atoms with Crippen LogP contribution in [0.3, 0.4) is 0 Å². The van der Waals surface area contributed by atoms with Crippen LogP contribution in [0, 0.1) is 11.6 Å². The number of hydrogen-bond donors (Lipinski definition) is 1. The van der Waals surface area contributed by atoms with Crippen molar-refractivity contribution in [2.75, 3.05) is 18.5 Å². The zero-order valence-corrected chi connectivity index (χ0v) is 6.89. The first-order chi connectivity index (χ1) is 6.25. The van der Waals surface area contributed by atoms with Crippen molar-refractivity contribution in [2.24, 2.45) is 0 Å². The normalized spacial score (nSPS) is 16.8. The van der Waals surface area contributed by atoms with Gasteiger partial charge in [0.05, 0.1) is 24.9 Å². The second-order valence-electron chi connectivity index (χ2n) is 3.00. The Morgan fingerprint density at radius 1 is 1.31 bits per heavy atom. The van der Waals surface area contributed by atoms with Crippen LogP contribution in [-0.2, 0) is 4.74 Å². The minimum Gasteiger partial charge on any atom is -0.377 e. The molecule has 0 aromatic heterocycles. The second kappa shape index (κ2) is 3.30. The van der Waals surface area contributed by atoms with Gasteiger partial charge in [0.25, 0.3) is 0 Å². The molecule has 0 unspecified atom stereocenters. The third kappa shape index (κ3) is 1.78. The summed E-state index contributed by atoms with van der Waals surface area (Å²) in [6.07, 6.45) is 0. The first-order valence-electron chi connectivity index (χ1n) is 4.05. The van der Waals surface area contributed by atoms with Crippen LogP contribution in [0.25, 0.3) is 0 Å². The van der Waals surface area contributed by atoms with Gasteiger partial charge in [0.1, 0.15) is 11.6 Å². The van der Waals surface area contributed by atoms with Gasteiger partial charge < -0.3 is 10.1 Å². The van der Waals surface area contributed by atoms with Crippen molar-refractivity contribution >= 4 is 5.69 Å². The highest BCUT2D eigenvalue weighted by Gasteiger charge is 2.18. The molecule has 0 saturated carbocycles. The predicted octanol–water partition coefficient (Wildman–Crippen LogP) is 1.78. The van der Waals surface area contributed by atoms with E-state index in [9.17, 15) is 8.78 Å². The van der Waals surface area contributed by atoms with E-state index < -0.39 is 11.6 Å². The summed E-state index contributed by atoms with van der Waals surface area (Å²) in [5.74, 6) is -1.13. The fraction of sp³-hybridized carbons (Fsp3) is 0.333. The van der Waals surface area contributed by atoms with Gasteiger partial charge in [-0.3, -0.25) is 0 Å². The maximum atomic E-state index is 13.0. The van der Waals surface area contributed by atoms with Crippen molar-refractivity contribution in [2.45, 2.75) is 6.04 Å². The predicted molar refractivity (Wildman–Crippen MR) is 44.6 cm³/mol. The topological polar surface area (TPSA) is 21.3 Å². The van der Waals surface area contributed by atoms with E-state index in [0.717, 1.165) is 6.07 Å². The summed E-state index contributed by atoms with van der Waals surface area (Å²) in [7, 11) is 0. The second-order valence-corrected chi connectivity index (χ2v) is 3.00. The molecular formula is C9H9F2NO. The molecule has 0 atom stereocenters. The Morgan fingerprint density at radius 2 is 2.08 bits per heavy atom. The lowest BCUT2D eigenvalue weighted by atomic mass is 10.2. The molecule has 4 heteroatoms. The van der Waals surface area contributed by atoms with Crippen molar-refractivity contribution in [1.82, 2.24) is 0 Å². The monoisotopic (exact) mass is 185 g/mol. The molecule has 1 fully saturated rings. The standard InChI is InChI=1S/C9H9F2NO/c10-6-1-2-9(8(11)3-6)12-7-4-13-5-7/h1-3,7,12H,4-5H2. The summed E-state index contributed by atoms with van der Waals surface area (Å²) in [5.41, 5.74) is 0.328. The van der Waals surface area contributed by atoms with Crippen molar-refractivity contribution in [3.8, 4) is 0 Å². The number of nitrogens with one attached hydrogen (secondary N) is 1. The molecule has 1 aromatic rings. The van der Waals surface area contributed by atoms with E-state index in [4.69, 9.17) is 4.74 Å². The number of ether oxygens (including phenoxy) is 1. The number of rotatable bonds is 2. The van der Waals surface area contributed by atoms with Crippen LogP contribution in [0.4, 0.5) is 14.5 Å². The third-order valence-corrected chi connectivity index (χ3v) is 1.93. The number of halogens is 2. The van der Waals surface area contributed by atoms with Crippen LogP contribution in [0.1, 0.15) is 0 Å². The van der Waals surface area contributed by atoms with Crippen LogP contribution in [0.15, 0.2) is 18.2 Å². The van der Waals surface area contributed by atoms with E-state index in [2.05, 4.69) is 5.32 Å². The molecule has 0 aliphatic carbocycles. The molecule has 1 saturated heterocycles. The van der Waals surface area contributed by atoms with Gasteiger partial charge in [0, 0.05) is 6.07 Å². The van der Waals surface area contributed by atoms with Gasteiger partial charge in [0.15, 0.2) is 0 Å². The van der Waals surface area contributed by atoms with Crippen molar-refractivity contribution < 1.29 is 13.5 Å². The molecule has 2 rings (SSSR count). The van der Waals surface area contributed by atoms with Gasteiger partial charge >= 0.3 is 0 Å². The fourth-order valence-electron chi connectivity index (χ4n) is 1.15. The zero-order chi connectivity index (χ0) is 9.26. The highest BCUT2D eigenvalue weighted by atomic mass is 19.1.